The second-order valence-electron chi connectivity index (χ2n) is 7.97. The van der Waals surface area contributed by atoms with E-state index in [2.05, 4.69) is 16.0 Å². The molecule has 0 saturated carbocycles. The molecule has 6 nitrogen and oxygen atoms in total. The van der Waals surface area contributed by atoms with Gasteiger partial charge in [-0.1, -0.05) is 11.6 Å². The zero-order valence-electron chi connectivity index (χ0n) is 16.8. The van der Waals surface area contributed by atoms with Crippen molar-refractivity contribution >= 4 is 22.7 Å². The summed E-state index contributed by atoms with van der Waals surface area (Å²) in [6, 6.07) is 8.08. The maximum atomic E-state index is 13.1. The average Bonchev–Trinajstić information content (AvgIpc) is 3.23. The van der Waals surface area contributed by atoms with Crippen LogP contribution in [0.3, 0.4) is 0 Å². The van der Waals surface area contributed by atoms with Crippen LogP contribution < -0.4 is 0 Å². The zero-order valence-corrected chi connectivity index (χ0v) is 16.8. The van der Waals surface area contributed by atoms with Crippen molar-refractivity contribution in [1.29, 1.82) is 0 Å². The number of benzene rings is 1. The number of piperazine rings is 1. The van der Waals surface area contributed by atoms with Crippen LogP contribution in [0.4, 0.5) is 0 Å². The molecule has 2 aliphatic heterocycles. The van der Waals surface area contributed by atoms with E-state index in [4.69, 9.17) is 0 Å². The molecule has 2 amide bonds. The van der Waals surface area contributed by atoms with Gasteiger partial charge >= 0.3 is 0 Å². The first-order valence-corrected chi connectivity index (χ1v) is 10.2. The highest BCUT2D eigenvalue weighted by molar-refractivity contribution is 5.98. The molecule has 2 aliphatic rings. The van der Waals surface area contributed by atoms with Gasteiger partial charge in [-0.25, -0.2) is 0 Å². The fraction of sp³-hybridized carbons (Fsp3) is 0.500. The lowest BCUT2D eigenvalue weighted by Gasteiger charge is -2.35. The van der Waals surface area contributed by atoms with E-state index in [1.54, 1.807) is 0 Å². The van der Waals surface area contributed by atoms with Gasteiger partial charge in [0.25, 0.3) is 5.91 Å². The van der Waals surface area contributed by atoms with E-state index < -0.39 is 0 Å². The molecule has 148 valence electrons. The second kappa shape index (κ2) is 7.87. The third-order valence-corrected chi connectivity index (χ3v) is 5.87. The molecule has 1 aromatic heterocycles. The van der Waals surface area contributed by atoms with Crippen LogP contribution in [0, 0.1) is 13.8 Å². The van der Waals surface area contributed by atoms with Crippen LogP contribution in [-0.4, -0.2) is 77.3 Å². The molecule has 6 heteroatoms. The van der Waals surface area contributed by atoms with E-state index in [9.17, 15) is 9.59 Å². The van der Waals surface area contributed by atoms with Crippen molar-refractivity contribution in [3.63, 3.8) is 0 Å². The lowest BCUT2D eigenvalue weighted by atomic mass is 10.1. The average molecular weight is 380 g/mol. The molecule has 0 atom stereocenters. The number of likely N-dealkylation sites (tertiary alicyclic amines) is 1. The van der Waals surface area contributed by atoms with E-state index in [-0.39, 0.29) is 11.8 Å². The fourth-order valence-corrected chi connectivity index (χ4v) is 4.15. The summed E-state index contributed by atoms with van der Waals surface area (Å²) in [6.07, 6.45) is 2.24. The SMILES string of the molecule is Cc1ccc2nc(C)c(C(=O)N3CCN(CC(=O)N4CCCC4)CC3)cc2c1. The Hall–Kier alpha value is -2.47. The van der Waals surface area contributed by atoms with Gasteiger partial charge in [0, 0.05) is 44.7 Å². The third-order valence-electron chi connectivity index (χ3n) is 5.87. The summed E-state index contributed by atoms with van der Waals surface area (Å²) in [7, 11) is 0. The molecule has 4 rings (SSSR count). The van der Waals surface area contributed by atoms with E-state index in [0.29, 0.717) is 25.2 Å². The quantitative estimate of drug-likeness (QED) is 0.819. The first-order chi connectivity index (χ1) is 13.5. The van der Waals surface area contributed by atoms with Crippen molar-refractivity contribution in [2.45, 2.75) is 26.7 Å². The highest BCUT2D eigenvalue weighted by Crippen LogP contribution is 2.20. The van der Waals surface area contributed by atoms with Gasteiger partial charge < -0.3 is 9.80 Å². The molecule has 0 N–H and O–H groups in total. The fourth-order valence-electron chi connectivity index (χ4n) is 4.15. The third kappa shape index (κ3) is 3.87. The van der Waals surface area contributed by atoms with Gasteiger partial charge in [0.2, 0.25) is 5.91 Å². The number of nitrogens with zero attached hydrogens (tertiary/aromatic N) is 4. The Labute approximate surface area is 166 Å². The predicted octanol–water partition coefficient (Wildman–Crippen LogP) is 2.23. The van der Waals surface area contributed by atoms with Crippen LogP contribution in [0.5, 0.6) is 0 Å². The Balaban J connectivity index is 1.40. The van der Waals surface area contributed by atoms with Gasteiger partial charge in [-0.05, 0) is 44.9 Å². The standard InChI is InChI=1S/C22H28N4O2/c1-16-5-6-20-18(13-16)14-19(17(2)23-20)22(28)26-11-9-24(10-12-26)15-21(27)25-7-3-4-8-25/h5-6,13-14H,3-4,7-12,15H2,1-2H3. The second-order valence-corrected chi connectivity index (χ2v) is 7.97. The van der Waals surface area contributed by atoms with Crippen LogP contribution in [-0.2, 0) is 4.79 Å². The molecule has 2 aromatic rings. The van der Waals surface area contributed by atoms with Crippen LogP contribution >= 0.6 is 0 Å². The molecule has 28 heavy (non-hydrogen) atoms. The molecule has 3 heterocycles. The van der Waals surface area contributed by atoms with Gasteiger partial charge in [0.15, 0.2) is 0 Å². The molecule has 2 fully saturated rings. The van der Waals surface area contributed by atoms with Crippen molar-refractivity contribution in [3.8, 4) is 0 Å². The van der Waals surface area contributed by atoms with E-state index >= 15 is 0 Å². The lowest BCUT2D eigenvalue weighted by molar-refractivity contribution is -0.131. The largest absolute Gasteiger partial charge is 0.342 e. The van der Waals surface area contributed by atoms with Crippen LogP contribution in [0.2, 0.25) is 0 Å². The number of aryl methyl sites for hydroxylation is 2. The number of hydrogen-bond donors (Lipinski definition) is 0. The normalized spacial score (nSPS) is 18.1. The molecule has 2 saturated heterocycles. The monoisotopic (exact) mass is 380 g/mol. The zero-order chi connectivity index (χ0) is 19.7. The number of hydrogen-bond acceptors (Lipinski definition) is 4. The van der Waals surface area contributed by atoms with Gasteiger partial charge in [-0.3, -0.25) is 19.5 Å². The summed E-state index contributed by atoms with van der Waals surface area (Å²) in [5.41, 5.74) is 3.53. The Morgan fingerprint density at radius 2 is 1.64 bits per heavy atom. The number of carbonyl (C=O) groups excluding carboxylic acids is 2. The molecule has 0 spiro atoms. The highest BCUT2D eigenvalue weighted by atomic mass is 16.2. The number of amides is 2. The lowest BCUT2D eigenvalue weighted by Crippen LogP contribution is -2.51. The maximum Gasteiger partial charge on any atom is 0.255 e. The number of fused-ring (bicyclic) bond motifs is 1. The van der Waals surface area contributed by atoms with E-state index in [1.807, 2.05) is 41.8 Å². The van der Waals surface area contributed by atoms with Crippen LogP contribution in [0.25, 0.3) is 10.9 Å². The van der Waals surface area contributed by atoms with Crippen molar-refractivity contribution in [1.82, 2.24) is 19.7 Å². The molecule has 0 radical (unpaired) electrons. The van der Waals surface area contributed by atoms with Crippen molar-refractivity contribution in [3.05, 3.63) is 41.1 Å². The van der Waals surface area contributed by atoms with Gasteiger partial charge in [-0.2, -0.15) is 0 Å². The van der Waals surface area contributed by atoms with Crippen LogP contribution in [0.15, 0.2) is 24.3 Å². The highest BCUT2D eigenvalue weighted by Gasteiger charge is 2.26. The number of rotatable bonds is 3. The number of pyridine rings is 1. The topological polar surface area (TPSA) is 56.8 Å². The Morgan fingerprint density at radius 3 is 2.36 bits per heavy atom. The first-order valence-electron chi connectivity index (χ1n) is 10.2. The van der Waals surface area contributed by atoms with E-state index in [0.717, 1.165) is 61.2 Å². The van der Waals surface area contributed by atoms with Gasteiger partial charge in [-0.15, -0.1) is 0 Å². The van der Waals surface area contributed by atoms with Gasteiger partial charge in [0.1, 0.15) is 0 Å². The minimum Gasteiger partial charge on any atom is -0.342 e. The Kier molecular flexibility index (Phi) is 5.31. The smallest absolute Gasteiger partial charge is 0.255 e. The number of carbonyl (C=O) groups is 2. The first kappa shape index (κ1) is 18.9. The summed E-state index contributed by atoms with van der Waals surface area (Å²) in [5.74, 6) is 0.265. The molecule has 0 unspecified atom stereocenters. The summed E-state index contributed by atoms with van der Waals surface area (Å²) < 4.78 is 0. The molecule has 1 aromatic carbocycles. The van der Waals surface area contributed by atoms with E-state index in [1.165, 1.54) is 0 Å². The summed E-state index contributed by atoms with van der Waals surface area (Å²) in [4.78, 5) is 36.1. The molecule has 0 aliphatic carbocycles. The van der Waals surface area contributed by atoms with Crippen molar-refractivity contribution in [2.75, 3.05) is 45.8 Å². The number of aromatic nitrogens is 1. The summed E-state index contributed by atoms with van der Waals surface area (Å²) >= 11 is 0. The summed E-state index contributed by atoms with van der Waals surface area (Å²) in [5, 5.41) is 1.00. The van der Waals surface area contributed by atoms with Crippen LogP contribution in [0.1, 0.15) is 34.5 Å². The molecular formula is C22H28N4O2. The van der Waals surface area contributed by atoms with Crippen molar-refractivity contribution < 1.29 is 9.59 Å². The molecular weight excluding hydrogens is 352 g/mol. The van der Waals surface area contributed by atoms with Crippen molar-refractivity contribution in [2.24, 2.45) is 0 Å². The Morgan fingerprint density at radius 1 is 0.929 bits per heavy atom. The summed E-state index contributed by atoms with van der Waals surface area (Å²) in [6.45, 7) is 8.98. The maximum absolute atomic E-state index is 13.1. The minimum absolute atomic E-state index is 0.0407. The predicted molar refractivity (Wildman–Crippen MR) is 109 cm³/mol. The molecule has 0 bridgehead atoms. The Bertz CT molecular complexity index is 897. The minimum atomic E-state index is 0.0407. The van der Waals surface area contributed by atoms with Gasteiger partial charge in [0.05, 0.1) is 23.3 Å².